The van der Waals surface area contributed by atoms with Crippen molar-refractivity contribution in [3.05, 3.63) is 23.8 Å². The lowest BCUT2D eigenvalue weighted by Gasteiger charge is -2.28. The molecule has 1 N–H and O–H groups in total. The fourth-order valence-corrected chi connectivity index (χ4v) is 2.35. The lowest BCUT2D eigenvalue weighted by atomic mass is 9.91. The average molecular weight is 319 g/mol. The molecular weight excluding hydrogens is 298 g/mol. The Hall–Kier alpha value is -2.28. The lowest BCUT2D eigenvalue weighted by Crippen LogP contribution is -2.47. The topological polar surface area (TPSA) is 88.1 Å². The minimum atomic E-state index is -0.615. The van der Waals surface area contributed by atoms with Crippen LogP contribution in [0.15, 0.2) is 28.8 Å². The van der Waals surface area contributed by atoms with E-state index in [0.29, 0.717) is 17.8 Å². The molecule has 1 unspecified atom stereocenters. The molecule has 0 fully saturated rings. The monoisotopic (exact) mass is 319 g/mol. The summed E-state index contributed by atoms with van der Waals surface area (Å²) in [7, 11) is 1.50. The van der Waals surface area contributed by atoms with Crippen LogP contribution in [-0.2, 0) is 14.3 Å². The van der Waals surface area contributed by atoms with Crippen LogP contribution in [0.1, 0.15) is 19.8 Å². The van der Waals surface area contributed by atoms with Gasteiger partial charge < -0.3 is 10.1 Å². The molecule has 0 spiro atoms. The maximum Gasteiger partial charge on any atom is 0.350 e. The molecule has 1 aliphatic carbocycles. The van der Waals surface area contributed by atoms with Gasteiger partial charge in [0.25, 0.3) is 5.91 Å². The Bertz CT molecular complexity index is 592. The first-order chi connectivity index (χ1) is 11.1. The van der Waals surface area contributed by atoms with Gasteiger partial charge in [0.1, 0.15) is 0 Å². The van der Waals surface area contributed by atoms with Crippen LogP contribution >= 0.6 is 0 Å². The number of fused-ring (bicyclic) bond motifs is 1. The predicted molar refractivity (Wildman–Crippen MR) is 85.1 cm³/mol. The first-order valence-electron chi connectivity index (χ1n) is 7.69. The van der Waals surface area contributed by atoms with Gasteiger partial charge in [0.05, 0.1) is 24.8 Å². The smallest absolute Gasteiger partial charge is 0.350 e. The van der Waals surface area contributed by atoms with Crippen molar-refractivity contribution >= 4 is 23.6 Å². The third kappa shape index (κ3) is 3.92. The molecule has 0 aromatic heterocycles. The Morgan fingerprint density at radius 3 is 2.91 bits per heavy atom. The second kappa shape index (κ2) is 7.82. The molecule has 0 aromatic rings. The molecule has 0 radical (unpaired) electrons. The van der Waals surface area contributed by atoms with Crippen molar-refractivity contribution in [2.75, 3.05) is 26.8 Å². The minimum absolute atomic E-state index is 0.170. The highest BCUT2D eigenvalue weighted by molar-refractivity contribution is 6.23. The lowest BCUT2D eigenvalue weighted by molar-refractivity contribution is -0.130. The van der Waals surface area contributed by atoms with E-state index in [1.165, 1.54) is 13.2 Å². The molecule has 7 heteroatoms. The number of allylic oxidation sites excluding steroid dienone is 1. The summed E-state index contributed by atoms with van der Waals surface area (Å²) in [5.74, 6) is -1.18. The van der Waals surface area contributed by atoms with Crippen molar-refractivity contribution in [2.24, 2.45) is 10.9 Å². The van der Waals surface area contributed by atoms with Gasteiger partial charge in [-0.15, -0.1) is 0 Å². The first-order valence-corrected chi connectivity index (χ1v) is 7.69. The Kier molecular flexibility index (Phi) is 5.81. The number of urea groups is 1. The Morgan fingerprint density at radius 1 is 1.43 bits per heavy atom. The zero-order valence-corrected chi connectivity index (χ0v) is 13.4. The Labute approximate surface area is 135 Å². The molecule has 2 rings (SSSR count). The second-order valence-electron chi connectivity index (χ2n) is 5.35. The van der Waals surface area contributed by atoms with Gasteiger partial charge in [-0.2, -0.15) is 4.99 Å². The summed E-state index contributed by atoms with van der Waals surface area (Å²) >= 11 is 0. The number of imide groups is 1. The summed E-state index contributed by atoms with van der Waals surface area (Å²) in [6.07, 6.45) is 6.62. The van der Waals surface area contributed by atoms with Crippen molar-refractivity contribution in [3.63, 3.8) is 0 Å². The maximum absolute atomic E-state index is 12.4. The van der Waals surface area contributed by atoms with Gasteiger partial charge in [-0.1, -0.05) is 25.5 Å². The molecule has 0 bridgehead atoms. The number of ether oxygens (including phenoxy) is 1. The minimum Gasteiger partial charge on any atom is -0.383 e. The molecule has 4 amide bonds. The van der Waals surface area contributed by atoms with Gasteiger partial charge in [0.15, 0.2) is 0 Å². The van der Waals surface area contributed by atoms with E-state index in [4.69, 9.17) is 4.74 Å². The molecular formula is C16H21N3O4. The number of carbonyl (C=O) groups excluding carboxylic acids is 3. The SMILES string of the molecule is CCCCNC(=O)C1=CC2=NC(=O)N(CCOC)C(=O)C2C=C1. The molecule has 2 aliphatic rings. The largest absolute Gasteiger partial charge is 0.383 e. The van der Waals surface area contributed by atoms with Crippen molar-refractivity contribution in [3.8, 4) is 0 Å². The zero-order valence-electron chi connectivity index (χ0n) is 13.4. The van der Waals surface area contributed by atoms with Gasteiger partial charge >= 0.3 is 6.03 Å². The van der Waals surface area contributed by atoms with Crippen LogP contribution in [0.2, 0.25) is 0 Å². The summed E-state index contributed by atoms with van der Waals surface area (Å²) < 4.78 is 4.90. The number of amides is 4. The molecule has 1 atom stereocenters. The van der Waals surface area contributed by atoms with E-state index in [1.54, 1.807) is 12.2 Å². The van der Waals surface area contributed by atoms with Crippen molar-refractivity contribution in [2.45, 2.75) is 19.8 Å². The first kappa shape index (κ1) is 17.1. The van der Waals surface area contributed by atoms with Crippen molar-refractivity contribution in [1.82, 2.24) is 10.2 Å². The molecule has 0 saturated carbocycles. The van der Waals surface area contributed by atoms with E-state index in [9.17, 15) is 14.4 Å². The number of hydrogen-bond donors (Lipinski definition) is 1. The number of nitrogens with zero attached hydrogens (tertiary/aromatic N) is 2. The van der Waals surface area contributed by atoms with Gasteiger partial charge in [-0.25, -0.2) is 4.79 Å². The average Bonchev–Trinajstić information content (AvgIpc) is 2.54. The number of nitrogens with one attached hydrogen (secondary N) is 1. The number of carbonyl (C=O) groups is 3. The summed E-state index contributed by atoms with van der Waals surface area (Å²) in [5.41, 5.74) is 0.721. The van der Waals surface area contributed by atoms with Crippen LogP contribution in [-0.4, -0.2) is 55.3 Å². The van der Waals surface area contributed by atoms with Crippen LogP contribution in [0.25, 0.3) is 0 Å². The summed E-state index contributed by atoms with van der Waals surface area (Å²) in [5, 5.41) is 2.80. The van der Waals surface area contributed by atoms with Gasteiger partial charge in [-0.05, 0) is 12.5 Å². The fraction of sp³-hybridized carbons (Fsp3) is 0.500. The van der Waals surface area contributed by atoms with E-state index >= 15 is 0 Å². The number of unbranched alkanes of at least 4 members (excludes halogenated alkanes) is 1. The van der Waals surface area contributed by atoms with Crippen LogP contribution in [0.5, 0.6) is 0 Å². The van der Waals surface area contributed by atoms with Gasteiger partial charge in [0, 0.05) is 19.2 Å². The van der Waals surface area contributed by atoms with Crippen LogP contribution in [0.4, 0.5) is 4.79 Å². The van der Waals surface area contributed by atoms with Crippen molar-refractivity contribution in [1.29, 1.82) is 0 Å². The predicted octanol–water partition coefficient (Wildman–Crippen LogP) is 1.06. The molecule has 1 aliphatic heterocycles. The van der Waals surface area contributed by atoms with Crippen LogP contribution in [0.3, 0.4) is 0 Å². The molecule has 23 heavy (non-hydrogen) atoms. The van der Waals surface area contributed by atoms with E-state index in [1.807, 2.05) is 6.92 Å². The molecule has 1 heterocycles. The quantitative estimate of drug-likeness (QED) is 0.711. The van der Waals surface area contributed by atoms with Crippen LogP contribution in [0, 0.1) is 5.92 Å². The Balaban J connectivity index is 2.12. The normalized spacial score (nSPS) is 20.1. The van der Waals surface area contributed by atoms with Gasteiger partial charge in [-0.3, -0.25) is 14.5 Å². The third-order valence-electron chi connectivity index (χ3n) is 3.68. The summed E-state index contributed by atoms with van der Waals surface area (Å²) in [4.78, 5) is 41.4. The number of rotatable bonds is 7. The van der Waals surface area contributed by atoms with Gasteiger partial charge in [0.2, 0.25) is 5.91 Å². The molecule has 0 saturated heterocycles. The number of hydrogen-bond acceptors (Lipinski definition) is 4. The summed E-state index contributed by atoms with van der Waals surface area (Å²) in [6, 6.07) is -0.615. The fourth-order valence-electron chi connectivity index (χ4n) is 2.35. The van der Waals surface area contributed by atoms with E-state index in [0.717, 1.165) is 17.7 Å². The Morgan fingerprint density at radius 2 is 2.22 bits per heavy atom. The van der Waals surface area contributed by atoms with Crippen LogP contribution < -0.4 is 5.32 Å². The van der Waals surface area contributed by atoms with E-state index < -0.39 is 11.9 Å². The standard InChI is InChI=1S/C16H21N3O4/c1-3-4-7-17-14(20)11-5-6-12-13(10-11)18-16(22)19(15(12)21)8-9-23-2/h5-6,10,12H,3-4,7-9H2,1-2H3,(H,17,20). The second-order valence-corrected chi connectivity index (χ2v) is 5.35. The maximum atomic E-state index is 12.4. The molecule has 124 valence electrons. The third-order valence-corrected chi connectivity index (χ3v) is 3.68. The highest BCUT2D eigenvalue weighted by Gasteiger charge is 2.36. The number of methoxy groups -OCH3 is 1. The van der Waals surface area contributed by atoms with E-state index in [2.05, 4.69) is 10.3 Å². The highest BCUT2D eigenvalue weighted by Crippen LogP contribution is 2.22. The summed E-state index contributed by atoms with van der Waals surface area (Å²) in [6.45, 7) is 3.07. The number of aliphatic imine (C=N–C) groups is 1. The van der Waals surface area contributed by atoms with Crippen molar-refractivity contribution < 1.29 is 19.1 Å². The molecule has 7 nitrogen and oxygen atoms in total. The highest BCUT2D eigenvalue weighted by atomic mass is 16.5. The molecule has 0 aromatic carbocycles. The zero-order chi connectivity index (χ0) is 16.8. The van der Waals surface area contributed by atoms with E-state index in [-0.39, 0.29) is 25.0 Å².